The Morgan fingerprint density at radius 2 is 2.10 bits per heavy atom. The van der Waals surface area contributed by atoms with Crippen molar-refractivity contribution < 1.29 is 4.79 Å². The Kier molecular flexibility index (Phi) is 7.63. The summed E-state index contributed by atoms with van der Waals surface area (Å²) in [6.45, 7) is 4.82. The summed E-state index contributed by atoms with van der Waals surface area (Å²) < 4.78 is 0. The van der Waals surface area contributed by atoms with Crippen molar-refractivity contribution in [2.24, 2.45) is 11.7 Å². The van der Waals surface area contributed by atoms with Crippen LogP contribution in [0.5, 0.6) is 0 Å². The molecule has 1 unspecified atom stereocenters. The summed E-state index contributed by atoms with van der Waals surface area (Å²) in [6.07, 6.45) is 4.67. The largest absolute Gasteiger partial charge is 0.330 e. The Morgan fingerprint density at radius 3 is 2.70 bits per heavy atom. The van der Waals surface area contributed by atoms with Gasteiger partial charge in [-0.15, -0.1) is 0 Å². The first kappa shape index (κ1) is 17.0. The zero-order valence-corrected chi connectivity index (χ0v) is 13.2. The average Bonchev–Trinajstić information content (AvgIpc) is 2.40. The summed E-state index contributed by atoms with van der Waals surface area (Å²) in [5, 5.41) is 3.46. The fourth-order valence-electron chi connectivity index (χ4n) is 2.35. The number of halogens is 1. The van der Waals surface area contributed by atoms with E-state index in [2.05, 4.69) is 12.2 Å². The number of benzene rings is 1. The third kappa shape index (κ3) is 5.93. The van der Waals surface area contributed by atoms with Gasteiger partial charge in [0.2, 0.25) is 5.91 Å². The van der Waals surface area contributed by atoms with Crippen LogP contribution in [-0.2, 0) is 4.79 Å². The van der Waals surface area contributed by atoms with E-state index in [-0.39, 0.29) is 5.91 Å². The molecule has 1 amide bonds. The first-order valence-electron chi connectivity index (χ1n) is 7.32. The summed E-state index contributed by atoms with van der Waals surface area (Å²) in [4.78, 5) is 12.0. The van der Waals surface area contributed by atoms with Gasteiger partial charge in [-0.3, -0.25) is 4.79 Å². The number of nitrogens with one attached hydrogen (secondary N) is 1. The summed E-state index contributed by atoms with van der Waals surface area (Å²) in [5.74, 6) is 0.568. The van der Waals surface area contributed by atoms with Gasteiger partial charge in [0.15, 0.2) is 0 Å². The van der Waals surface area contributed by atoms with E-state index in [1.165, 1.54) is 0 Å². The lowest BCUT2D eigenvalue weighted by atomic mass is 9.94. The molecule has 1 aromatic rings. The predicted octanol–water partition coefficient (Wildman–Crippen LogP) is 4.13. The Hall–Kier alpha value is -1.06. The monoisotopic (exact) mass is 296 g/mol. The number of hydrogen-bond acceptors (Lipinski definition) is 2. The van der Waals surface area contributed by atoms with Crippen molar-refractivity contribution in [2.75, 3.05) is 11.9 Å². The number of rotatable bonds is 8. The Balaban J connectivity index is 2.46. The molecular weight excluding hydrogens is 272 g/mol. The van der Waals surface area contributed by atoms with Crippen molar-refractivity contribution in [2.45, 2.75) is 46.0 Å². The number of carbonyl (C=O) groups is 1. The number of anilines is 1. The quantitative estimate of drug-likeness (QED) is 0.758. The first-order valence-corrected chi connectivity index (χ1v) is 7.70. The van der Waals surface area contributed by atoms with Gasteiger partial charge in [-0.05, 0) is 49.9 Å². The van der Waals surface area contributed by atoms with Crippen LogP contribution in [0.15, 0.2) is 18.2 Å². The molecule has 0 aliphatic rings. The van der Waals surface area contributed by atoms with E-state index in [4.69, 9.17) is 17.3 Å². The number of hydrogen-bond donors (Lipinski definition) is 2. The van der Waals surface area contributed by atoms with E-state index in [0.29, 0.717) is 29.6 Å². The highest BCUT2D eigenvalue weighted by atomic mass is 35.5. The van der Waals surface area contributed by atoms with Crippen molar-refractivity contribution in [3.05, 3.63) is 28.8 Å². The lowest BCUT2D eigenvalue weighted by Crippen LogP contribution is -2.15. The van der Waals surface area contributed by atoms with E-state index in [0.717, 1.165) is 31.2 Å². The third-order valence-corrected chi connectivity index (χ3v) is 3.76. The van der Waals surface area contributed by atoms with E-state index in [1.807, 2.05) is 25.1 Å². The smallest absolute Gasteiger partial charge is 0.224 e. The van der Waals surface area contributed by atoms with Crippen LogP contribution in [0.1, 0.15) is 44.6 Å². The van der Waals surface area contributed by atoms with Crippen LogP contribution in [0, 0.1) is 12.8 Å². The highest BCUT2D eigenvalue weighted by molar-refractivity contribution is 6.33. The lowest BCUT2D eigenvalue weighted by molar-refractivity contribution is -0.116. The minimum Gasteiger partial charge on any atom is -0.330 e. The molecule has 1 aromatic carbocycles. The minimum absolute atomic E-state index is 0.0221. The number of carbonyl (C=O) groups excluding carboxylic acids is 1. The Labute approximate surface area is 126 Å². The second-order valence-corrected chi connectivity index (χ2v) is 5.71. The molecule has 0 fully saturated rings. The van der Waals surface area contributed by atoms with Crippen LogP contribution in [-0.4, -0.2) is 12.5 Å². The molecule has 3 nitrogen and oxygen atoms in total. The van der Waals surface area contributed by atoms with Crippen LogP contribution >= 0.6 is 11.6 Å². The number of amides is 1. The molecule has 0 heterocycles. The maximum atomic E-state index is 12.0. The summed E-state index contributed by atoms with van der Waals surface area (Å²) in [6, 6.07) is 5.64. The Bertz CT molecular complexity index is 428. The molecule has 0 radical (unpaired) electrons. The molecule has 1 rings (SSSR count). The van der Waals surface area contributed by atoms with Gasteiger partial charge in [-0.25, -0.2) is 0 Å². The molecule has 20 heavy (non-hydrogen) atoms. The van der Waals surface area contributed by atoms with Crippen LogP contribution < -0.4 is 11.1 Å². The van der Waals surface area contributed by atoms with E-state index >= 15 is 0 Å². The van der Waals surface area contributed by atoms with Crippen LogP contribution in [0.25, 0.3) is 0 Å². The van der Waals surface area contributed by atoms with Gasteiger partial charge < -0.3 is 11.1 Å². The van der Waals surface area contributed by atoms with E-state index < -0.39 is 0 Å². The van der Waals surface area contributed by atoms with Crippen molar-refractivity contribution in [1.82, 2.24) is 0 Å². The second-order valence-electron chi connectivity index (χ2n) is 5.30. The van der Waals surface area contributed by atoms with Gasteiger partial charge in [-0.2, -0.15) is 0 Å². The van der Waals surface area contributed by atoms with Crippen LogP contribution in [0.4, 0.5) is 5.69 Å². The molecule has 0 saturated heterocycles. The van der Waals surface area contributed by atoms with E-state index in [1.54, 1.807) is 0 Å². The highest BCUT2D eigenvalue weighted by Gasteiger charge is 2.11. The SMILES string of the molecule is CCCC(CCN)CCC(=O)Nc1ccc(C)cc1Cl. The fourth-order valence-corrected chi connectivity index (χ4v) is 2.63. The lowest BCUT2D eigenvalue weighted by Gasteiger charge is -2.15. The molecule has 0 bridgehead atoms. The summed E-state index contributed by atoms with van der Waals surface area (Å²) >= 11 is 6.10. The molecule has 0 aliphatic carbocycles. The fraction of sp³-hybridized carbons (Fsp3) is 0.562. The predicted molar refractivity (Wildman–Crippen MR) is 86.1 cm³/mol. The molecule has 4 heteroatoms. The standard InChI is InChI=1S/C16H25ClN2O/c1-3-4-13(9-10-18)6-8-16(20)19-15-7-5-12(2)11-14(15)17/h5,7,11,13H,3-4,6,8-10,18H2,1-2H3,(H,19,20). The molecule has 0 saturated carbocycles. The molecular formula is C16H25ClN2O. The van der Waals surface area contributed by atoms with Crippen molar-refractivity contribution in [3.8, 4) is 0 Å². The average molecular weight is 297 g/mol. The van der Waals surface area contributed by atoms with Crippen LogP contribution in [0.3, 0.4) is 0 Å². The summed E-state index contributed by atoms with van der Waals surface area (Å²) in [7, 11) is 0. The molecule has 3 N–H and O–H groups in total. The van der Waals surface area contributed by atoms with Gasteiger partial charge in [0.05, 0.1) is 10.7 Å². The molecule has 0 aliphatic heterocycles. The van der Waals surface area contributed by atoms with Crippen LogP contribution in [0.2, 0.25) is 5.02 Å². The van der Waals surface area contributed by atoms with Crippen molar-refractivity contribution in [3.63, 3.8) is 0 Å². The molecule has 0 spiro atoms. The van der Waals surface area contributed by atoms with Gasteiger partial charge in [0.1, 0.15) is 0 Å². The molecule has 1 atom stereocenters. The maximum Gasteiger partial charge on any atom is 0.224 e. The van der Waals surface area contributed by atoms with Gasteiger partial charge >= 0.3 is 0 Å². The maximum absolute atomic E-state index is 12.0. The Morgan fingerprint density at radius 1 is 1.35 bits per heavy atom. The second kappa shape index (κ2) is 8.98. The minimum atomic E-state index is 0.0221. The first-order chi connectivity index (χ1) is 9.56. The normalized spacial score (nSPS) is 12.2. The number of nitrogens with two attached hydrogens (primary N) is 1. The zero-order chi connectivity index (χ0) is 15.0. The van der Waals surface area contributed by atoms with Crippen molar-refractivity contribution in [1.29, 1.82) is 0 Å². The van der Waals surface area contributed by atoms with Gasteiger partial charge in [-0.1, -0.05) is 37.4 Å². The third-order valence-electron chi connectivity index (χ3n) is 3.45. The zero-order valence-electron chi connectivity index (χ0n) is 12.4. The van der Waals surface area contributed by atoms with Gasteiger partial charge in [0, 0.05) is 6.42 Å². The summed E-state index contributed by atoms with van der Waals surface area (Å²) in [5.41, 5.74) is 7.38. The number of aryl methyl sites for hydroxylation is 1. The molecule has 0 aromatic heterocycles. The topological polar surface area (TPSA) is 55.1 Å². The van der Waals surface area contributed by atoms with Gasteiger partial charge in [0.25, 0.3) is 0 Å². The van der Waals surface area contributed by atoms with Crippen molar-refractivity contribution >= 4 is 23.2 Å². The molecule has 112 valence electrons. The highest BCUT2D eigenvalue weighted by Crippen LogP contribution is 2.23. The van der Waals surface area contributed by atoms with E-state index in [9.17, 15) is 4.79 Å².